The number of ether oxygens (including phenoxy) is 1. The summed E-state index contributed by atoms with van der Waals surface area (Å²) < 4.78 is 5.76. The number of benzene rings is 1. The van der Waals surface area contributed by atoms with Crippen LogP contribution >= 0.6 is 0 Å². The molecule has 1 aromatic rings. The second-order valence-electron chi connectivity index (χ2n) is 9.97. The van der Waals surface area contributed by atoms with Gasteiger partial charge in [-0.25, -0.2) is 11.0 Å². The van der Waals surface area contributed by atoms with Gasteiger partial charge in [-0.1, -0.05) is 52.0 Å². The zero-order valence-corrected chi connectivity index (χ0v) is 20.8. The Morgan fingerprint density at radius 1 is 1.12 bits per heavy atom. The van der Waals surface area contributed by atoms with Gasteiger partial charge in [0.1, 0.15) is 12.1 Å². The molecule has 1 unspecified atom stereocenters. The lowest BCUT2D eigenvalue weighted by molar-refractivity contribution is -0.153. The summed E-state index contributed by atoms with van der Waals surface area (Å²) in [5, 5.41) is 12.2. The number of amides is 3. The lowest BCUT2D eigenvalue weighted by Crippen LogP contribution is -2.57. The average molecular weight is 478 g/mol. The molecule has 0 saturated heterocycles. The highest BCUT2D eigenvalue weighted by atomic mass is 16.6. The van der Waals surface area contributed by atoms with Crippen molar-refractivity contribution in [3.05, 3.63) is 35.4 Å². The van der Waals surface area contributed by atoms with Gasteiger partial charge in [-0.05, 0) is 54.6 Å². The van der Waals surface area contributed by atoms with Gasteiger partial charge in [-0.15, -0.1) is 0 Å². The van der Waals surface area contributed by atoms with Gasteiger partial charge in [0.25, 0.3) is 11.8 Å². The molecule has 3 amide bonds. The van der Waals surface area contributed by atoms with Gasteiger partial charge in [0.15, 0.2) is 0 Å². The Labute approximate surface area is 201 Å². The summed E-state index contributed by atoms with van der Waals surface area (Å²) in [6.45, 7) is 7.62. The average Bonchev–Trinajstić information content (AvgIpc) is 2.80. The maximum absolute atomic E-state index is 13.6. The second kappa shape index (κ2) is 12.8. The standard InChI is InChI=1S/C25H39N3O6/c1-6-13-34-20(23(30)27-32)19(15-16-11-12-17-9-7-8-10-18(17)14-16)22(29)26-21(25(2,3)4)24(31)28-33-5/h7-10,16,19-21,32H,6,11-15H2,1-5H3,(H,26,29)(H,27,30)(H,28,31)/t16?,19-,20+,21-/m1/s1. The van der Waals surface area contributed by atoms with Gasteiger partial charge in [-0.2, -0.15) is 0 Å². The van der Waals surface area contributed by atoms with Crippen molar-refractivity contribution in [1.82, 2.24) is 16.3 Å². The first-order valence-corrected chi connectivity index (χ1v) is 11.9. The van der Waals surface area contributed by atoms with Crippen LogP contribution in [0.1, 0.15) is 58.1 Å². The summed E-state index contributed by atoms with van der Waals surface area (Å²) in [7, 11) is 1.32. The molecule has 9 heteroatoms. The van der Waals surface area contributed by atoms with Gasteiger partial charge in [0.05, 0.1) is 13.0 Å². The number of hydrogen-bond acceptors (Lipinski definition) is 6. The van der Waals surface area contributed by atoms with E-state index in [1.165, 1.54) is 18.2 Å². The van der Waals surface area contributed by atoms with Crippen LogP contribution in [0.25, 0.3) is 0 Å². The molecule has 0 aliphatic heterocycles. The summed E-state index contributed by atoms with van der Waals surface area (Å²) in [4.78, 5) is 43.5. The third-order valence-corrected chi connectivity index (χ3v) is 6.23. The van der Waals surface area contributed by atoms with Gasteiger partial charge >= 0.3 is 0 Å². The molecular weight excluding hydrogens is 438 g/mol. The SMILES string of the molecule is CCCO[C@H](C(=O)NO)[C@@H](CC1CCc2ccccc2C1)C(=O)N[C@H](C(=O)NOC)C(C)(C)C. The lowest BCUT2D eigenvalue weighted by atomic mass is 9.77. The molecule has 4 N–H and O–H groups in total. The van der Waals surface area contributed by atoms with Crippen LogP contribution in [0.3, 0.4) is 0 Å². The van der Waals surface area contributed by atoms with Crippen LogP contribution in [0.4, 0.5) is 0 Å². The highest BCUT2D eigenvalue weighted by Crippen LogP contribution is 2.32. The summed E-state index contributed by atoms with van der Waals surface area (Å²) in [6.07, 6.45) is 2.38. The van der Waals surface area contributed by atoms with Gasteiger partial charge < -0.3 is 10.1 Å². The summed E-state index contributed by atoms with van der Waals surface area (Å²) >= 11 is 0. The lowest BCUT2D eigenvalue weighted by Gasteiger charge is -2.34. The van der Waals surface area contributed by atoms with Crippen molar-refractivity contribution in [3.63, 3.8) is 0 Å². The van der Waals surface area contributed by atoms with Crippen LogP contribution in [0.5, 0.6) is 0 Å². The predicted molar refractivity (Wildman–Crippen MR) is 127 cm³/mol. The molecule has 0 aromatic heterocycles. The van der Waals surface area contributed by atoms with Crippen molar-refractivity contribution >= 4 is 17.7 Å². The van der Waals surface area contributed by atoms with E-state index >= 15 is 0 Å². The first-order valence-electron chi connectivity index (χ1n) is 11.9. The fourth-order valence-electron chi connectivity index (χ4n) is 4.47. The van der Waals surface area contributed by atoms with Crippen molar-refractivity contribution in [1.29, 1.82) is 0 Å². The van der Waals surface area contributed by atoms with Crippen molar-refractivity contribution < 1.29 is 29.2 Å². The van der Waals surface area contributed by atoms with Crippen LogP contribution in [0, 0.1) is 17.3 Å². The molecule has 0 heterocycles. The second-order valence-corrected chi connectivity index (χ2v) is 9.97. The normalized spacial score (nSPS) is 18.2. The molecule has 0 radical (unpaired) electrons. The first kappa shape index (κ1) is 27.8. The zero-order valence-electron chi connectivity index (χ0n) is 20.8. The van der Waals surface area contributed by atoms with E-state index in [-0.39, 0.29) is 12.5 Å². The highest BCUT2D eigenvalue weighted by molar-refractivity contribution is 5.92. The Hall–Kier alpha value is -2.49. The van der Waals surface area contributed by atoms with Gasteiger partial charge in [-0.3, -0.25) is 24.4 Å². The van der Waals surface area contributed by atoms with Crippen molar-refractivity contribution in [2.24, 2.45) is 17.3 Å². The van der Waals surface area contributed by atoms with Crippen LogP contribution in [0.2, 0.25) is 0 Å². The molecule has 34 heavy (non-hydrogen) atoms. The third-order valence-electron chi connectivity index (χ3n) is 6.23. The van der Waals surface area contributed by atoms with E-state index in [1.54, 1.807) is 5.48 Å². The molecule has 2 rings (SSSR count). The number of carbonyl (C=O) groups is 3. The minimum Gasteiger partial charge on any atom is -0.367 e. The predicted octanol–water partition coefficient (Wildman–Crippen LogP) is 2.31. The molecule has 0 bridgehead atoms. The fourth-order valence-corrected chi connectivity index (χ4v) is 4.47. The minimum absolute atomic E-state index is 0.144. The quantitative estimate of drug-likeness (QED) is 0.286. The van der Waals surface area contributed by atoms with Crippen molar-refractivity contribution in [3.8, 4) is 0 Å². The van der Waals surface area contributed by atoms with Crippen LogP contribution in [-0.2, 0) is 36.8 Å². The monoisotopic (exact) mass is 477 g/mol. The topological polar surface area (TPSA) is 126 Å². The number of hydroxylamine groups is 2. The Kier molecular flexibility index (Phi) is 10.5. The van der Waals surface area contributed by atoms with E-state index in [4.69, 9.17) is 9.57 Å². The summed E-state index contributed by atoms with van der Waals surface area (Å²) in [6, 6.07) is 7.32. The zero-order chi connectivity index (χ0) is 25.3. The molecule has 9 nitrogen and oxygen atoms in total. The molecule has 1 aliphatic rings. The molecule has 4 atom stereocenters. The first-order chi connectivity index (χ1) is 16.1. The third kappa shape index (κ3) is 7.51. The van der Waals surface area contributed by atoms with E-state index < -0.39 is 41.2 Å². The molecule has 1 aliphatic carbocycles. The summed E-state index contributed by atoms with van der Waals surface area (Å²) in [5.41, 5.74) is 5.85. The van der Waals surface area contributed by atoms with Crippen LogP contribution < -0.4 is 16.3 Å². The number of hydrogen-bond donors (Lipinski definition) is 4. The van der Waals surface area contributed by atoms with Crippen LogP contribution in [0.15, 0.2) is 24.3 Å². The number of nitrogens with one attached hydrogen (secondary N) is 3. The molecule has 0 fully saturated rings. The van der Waals surface area contributed by atoms with E-state index in [9.17, 15) is 19.6 Å². The molecule has 1 aromatic carbocycles. The maximum Gasteiger partial charge on any atom is 0.273 e. The number of aryl methyl sites for hydroxylation is 1. The molecule has 190 valence electrons. The Balaban J connectivity index is 2.32. The molecule has 0 spiro atoms. The van der Waals surface area contributed by atoms with Crippen LogP contribution in [-0.4, -0.2) is 48.8 Å². The molecule has 0 saturated carbocycles. The van der Waals surface area contributed by atoms with Gasteiger partial charge in [0.2, 0.25) is 5.91 Å². The van der Waals surface area contributed by atoms with E-state index in [2.05, 4.69) is 22.9 Å². The largest absolute Gasteiger partial charge is 0.367 e. The Bertz CT molecular complexity index is 838. The van der Waals surface area contributed by atoms with Crippen molar-refractivity contribution in [2.45, 2.75) is 71.9 Å². The fraction of sp³-hybridized carbons (Fsp3) is 0.640. The van der Waals surface area contributed by atoms with Crippen molar-refractivity contribution in [2.75, 3.05) is 13.7 Å². The number of rotatable bonds is 11. The smallest absolute Gasteiger partial charge is 0.273 e. The molecular formula is C25H39N3O6. The highest BCUT2D eigenvalue weighted by Gasteiger charge is 2.40. The minimum atomic E-state index is -1.19. The van der Waals surface area contributed by atoms with E-state index in [1.807, 2.05) is 39.8 Å². The number of fused-ring (bicyclic) bond motifs is 1. The van der Waals surface area contributed by atoms with E-state index in [0.29, 0.717) is 12.8 Å². The Morgan fingerprint density at radius 3 is 2.38 bits per heavy atom. The summed E-state index contributed by atoms with van der Waals surface area (Å²) in [5.74, 6) is -2.50. The number of carbonyl (C=O) groups excluding carboxylic acids is 3. The Morgan fingerprint density at radius 2 is 1.79 bits per heavy atom. The van der Waals surface area contributed by atoms with Gasteiger partial charge in [0, 0.05) is 6.61 Å². The maximum atomic E-state index is 13.6. The van der Waals surface area contributed by atoms with E-state index in [0.717, 1.165) is 19.3 Å².